The third kappa shape index (κ3) is 3.22. The second kappa shape index (κ2) is 6.17. The van der Waals surface area contributed by atoms with Crippen LogP contribution in [-0.2, 0) is 10.0 Å². The van der Waals surface area contributed by atoms with E-state index in [9.17, 15) is 18.5 Å². The van der Waals surface area contributed by atoms with Crippen LogP contribution in [0.4, 0.5) is 5.69 Å². The van der Waals surface area contributed by atoms with Crippen LogP contribution in [0.1, 0.15) is 5.69 Å². The molecule has 0 saturated carbocycles. The first-order chi connectivity index (χ1) is 11.4. The summed E-state index contributed by atoms with van der Waals surface area (Å²) in [7, 11) is -3.67. The third-order valence-electron chi connectivity index (χ3n) is 3.65. The van der Waals surface area contributed by atoms with E-state index in [1.807, 2.05) is 19.1 Å². The summed E-state index contributed by atoms with van der Waals surface area (Å²) in [6.07, 6.45) is -0.257. The number of nitro groups is 1. The molecule has 9 heteroatoms. The van der Waals surface area contributed by atoms with E-state index in [2.05, 4.69) is 4.98 Å². The molecule has 1 aliphatic rings. The summed E-state index contributed by atoms with van der Waals surface area (Å²) in [6, 6.07) is 10.2. The maximum atomic E-state index is 12.4. The molecule has 0 amide bonds. The van der Waals surface area contributed by atoms with Crippen LogP contribution in [0.25, 0.3) is 0 Å². The smallest absolute Gasteiger partial charge is 0.269 e. The molecule has 0 unspecified atom stereocenters. The van der Waals surface area contributed by atoms with Gasteiger partial charge in [-0.3, -0.25) is 10.1 Å². The van der Waals surface area contributed by atoms with Crippen LogP contribution in [0, 0.1) is 17.0 Å². The Morgan fingerprint density at radius 2 is 1.88 bits per heavy atom. The lowest BCUT2D eigenvalue weighted by Gasteiger charge is -2.37. The fraction of sp³-hybridized carbons (Fsp3) is 0.267. The summed E-state index contributed by atoms with van der Waals surface area (Å²) >= 11 is 0. The maximum absolute atomic E-state index is 12.4. The molecule has 126 valence electrons. The quantitative estimate of drug-likeness (QED) is 0.602. The van der Waals surface area contributed by atoms with E-state index in [4.69, 9.17) is 4.74 Å². The summed E-state index contributed by atoms with van der Waals surface area (Å²) in [5.41, 5.74) is 0.673. The Labute approximate surface area is 138 Å². The molecule has 2 aromatic rings. The van der Waals surface area contributed by atoms with Crippen LogP contribution in [-0.4, -0.2) is 41.8 Å². The SMILES string of the molecule is Cc1cccc(OC2CN(S(=O)(=O)c3ccc([N+](=O)[O-])cc3)C2)n1. The first-order valence-electron chi connectivity index (χ1n) is 7.21. The number of non-ortho nitro benzene ring substituents is 1. The van der Waals surface area contributed by atoms with Crippen molar-refractivity contribution in [2.75, 3.05) is 13.1 Å². The molecule has 1 aromatic carbocycles. The average molecular weight is 349 g/mol. The van der Waals surface area contributed by atoms with E-state index in [-0.39, 0.29) is 29.8 Å². The minimum atomic E-state index is -3.67. The molecular weight excluding hydrogens is 334 g/mol. The van der Waals surface area contributed by atoms with E-state index in [0.29, 0.717) is 5.88 Å². The van der Waals surface area contributed by atoms with Crippen molar-refractivity contribution in [1.29, 1.82) is 0 Å². The number of aromatic nitrogens is 1. The second-order valence-electron chi connectivity index (χ2n) is 5.43. The number of rotatable bonds is 5. The largest absolute Gasteiger partial charge is 0.472 e. The predicted octanol–water partition coefficient (Wildman–Crippen LogP) is 1.75. The molecule has 0 spiro atoms. The van der Waals surface area contributed by atoms with E-state index < -0.39 is 14.9 Å². The Morgan fingerprint density at radius 3 is 2.46 bits per heavy atom. The van der Waals surface area contributed by atoms with Crippen LogP contribution in [0.5, 0.6) is 5.88 Å². The highest BCUT2D eigenvalue weighted by atomic mass is 32.2. The molecule has 0 atom stereocenters. The molecular formula is C15H15N3O5S. The first-order valence-corrected chi connectivity index (χ1v) is 8.65. The van der Waals surface area contributed by atoms with Gasteiger partial charge in [-0.05, 0) is 25.1 Å². The number of pyridine rings is 1. The molecule has 0 radical (unpaired) electrons. The van der Waals surface area contributed by atoms with Crippen molar-refractivity contribution < 1.29 is 18.1 Å². The molecule has 1 aliphatic heterocycles. The number of benzene rings is 1. The minimum absolute atomic E-state index is 0.0280. The lowest BCUT2D eigenvalue weighted by atomic mass is 10.2. The lowest BCUT2D eigenvalue weighted by molar-refractivity contribution is -0.384. The van der Waals surface area contributed by atoms with Crippen LogP contribution in [0.3, 0.4) is 0 Å². The van der Waals surface area contributed by atoms with Gasteiger partial charge in [0.25, 0.3) is 5.69 Å². The van der Waals surface area contributed by atoms with Crippen molar-refractivity contribution in [3.8, 4) is 5.88 Å². The number of hydrogen-bond donors (Lipinski definition) is 0. The zero-order chi connectivity index (χ0) is 17.3. The normalized spacial score (nSPS) is 15.7. The van der Waals surface area contributed by atoms with Crippen LogP contribution in [0.2, 0.25) is 0 Å². The molecule has 1 saturated heterocycles. The van der Waals surface area contributed by atoms with Crippen LogP contribution < -0.4 is 4.74 Å². The van der Waals surface area contributed by atoms with E-state index in [1.165, 1.54) is 28.6 Å². The van der Waals surface area contributed by atoms with E-state index >= 15 is 0 Å². The van der Waals surface area contributed by atoms with Gasteiger partial charge in [0.1, 0.15) is 6.10 Å². The molecule has 1 fully saturated rings. The maximum Gasteiger partial charge on any atom is 0.269 e. The number of aryl methyl sites for hydroxylation is 1. The molecule has 0 N–H and O–H groups in total. The zero-order valence-electron chi connectivity index (χ0n) is 12.8. The highest BCUT2D eigenvalue weighted by Crippen LogP contribution is 2.25. The van der Waals surface area contributed by atoms with Gasteiger partial charge in [0.15, 0.2) is 0 Å². The Morgan fingerprint density at radius 1 is 1.21 bits per heavy atom. The lowest BCUT2D eigenvalue weighted by Crippen LogP contribution is -2.56. The van der Waals surface area contributed by atoms with Gasteiger partial charge >= 0.3 is 0 Å². The standard InChI is InChI=1S/C15H15N3O5S/c1-11-3-2-4-15(16-11)23-13-9-17(10-13)24(21,22)14-7-5-12(6-8-14)18(19)20/h2-8,13H,9-10H2,1H3. The number of nitrogens with zero attached hydrogens (tertiary/aromatic N) is 3. The topological polar surface area (TPSA) is 103 Å². The van der Waals surface area contributed by atoms with E-state index in [0.717, 1.165) is 5.69 Å². The fourth-order valence-electron chi connectivity index (χ4n) is 2.31. The summed E-state index contributed by atoms with van der Waals surface area (Å²) in [4.78, 5) is 14.3. The molecule has 0 aliphatic carbocycles. The Hall–Kier alpha value is -2.52. The predicted molar refractivity (Wildman–Crippen MR) is 85.2 cm³/mol. The van der Waals surface area contributed by atoms with E-state index in [1.54, 1.807) is 6.07 Å². The van der Waals surface area contributed by atoms with Crippen molar-refractivity contribution in [3.63, 3.8) is 0 Å². The molecule has 8 nitrogen and oxygen atoms in total. The fourth-order valence-corrected chi connectivity index (χ4v) is 3.82. The second-order valence-corrected chi connectivity index (χ2v) is 7.37. The Bertz CT molecular complexity index is 861. The number of nitro benzene ring substituents is 1. The monoisotopic (exact) mass is 349 g/mol. The van der Waals surface area contributed by atoms with Crippen molar-refractivity contribution in [2.45, 2.75) is 17.9 Å². The van der Waals surface area contributed by atoms with Gasteiger partial charge in [0, 0.05) is 23.9 Å². The van der Waals surface area contributed by atoms with Gasteiger partial charge in [-0.25, -0.2) is 13.4 Å². The Kier molecular flexibility index (Phi) is 4.20. The zero-order valence-corrected chi connectivity index (χ0v) is 13.6. The molecule has 0 bridgehead atoms. The highest BCUT2D eigenvalue weighted by molar-refractivity contribution is 7.89. The highest BCUT2D eigenvalue weighted by Gasteiger charge is 2.38. The van der Waals surface area contributed by atoms with Gasteiger partial charge in [-0.15, -0.1) is 0 Å². The van der Waals surface area contributed by atoms with Crippen LogP contribution >= 0.6 is 0 Å². The molecule has 1 aromatic heterocycles. The third-order valence-corrected chi connectivity index (χ3v) is 5.50. The summed E-state index contributed by atoms with van der Waals surface area (Å²) in [6.45, 7) is 2.28. The summed E-state index contributed by atoms with van der Waals surface area (Å²) in [5, 5.41) is 10.6. The first kappa shape index (κ1) is 16.3. The van der Waals surface area contributed by atoms with Gasteiger partial charge in [0.05, 0.1) is 22.9 Å². The van der Waals surface area contributed by atoms with Gasteiger partial charge < -0.3 is 4.74 Å². The molecule has 3 rings (SSSR count). The summed E-state index contributed by atoms with van der Waals surface area (Å²) in [5.74, 6) is 0.465. The van der Waals surface area contributed by atoms with Crippen molar-refractivity contribution in [3.05, 3.63) is 58.3 Å². The van der Waals surface area contributed by atoms with Crippen molar-refractivity contribution in [1.82, 2.24) is 9.29 Å². The van der Waals surface area contributed by atoms with Crippen molar-refractivity contribution in [2.24, 2.45) is 0 Å². The number of hydrogen-bond acceptors (Lipinski definition) is 6. The molecule has 2 heterocycles. The Balaban J connectivity index is 1.64. The minimum Gasteiger partial charge on any atom is -0.472 e. The average Bonchev–Trinajstić information content (AvgIpc) is 2.50. The number of ether oxygens (including phenoxy) is 1. The number of sulfonamides is 1. The van der Waals surface area contributed by atoms with Crippen LogP contribution in [0.15, 0.2) is 47.4 Å². The van der Waals surface area contributed by atoms with Gasteiger partial charge in [0.2, 0.25) is 15.9 Å². The van der Waals surface area contributed by atoms with Gasteiger partial charge in [-0.2, -0.15) is 4.31 Å². The van der Waals surface area contributed by atoms with Crippen molar-refractivity contribution >= 4 is 15.7 Å². The van der Waals surface area contributed by atoms with Gasteiger partial charge in [-0.1, -0.05) is 6.07 Å². The summed E-state index contributed by atoms with van der Waals surface area (Å²) < 4.78 is 31.8. The molecule has 24 heavy (non-hydrogen) atoms.